The molecule has 7 heteroatoms. The molecule has 1 aromatic rings. The number of hydrogen-bond donors (Lipinski definition) is 0. The number of aryl methyl sites for hydroxylation is 1. The summed E-state index contributed by atoms with van der Waals surface area (Å²) in [5, 5.41) is 8.44. The third-order valence-electron chi connectivity index (χ3n) is 1.93. The van der Waals surface area contributed by atoms with Gasteiger partial charge in [0.2, 0.25) is 0 Å². The van der Waals surface area contributed by atoms with Crippen molar-refractivity contribution in [3.63, 3.8) is 0 Å². The average Bonchev–Trinajstić information content (AvgIpc) is 2.37. The standard InChI is InChI=1S/C11H16N4S.ClH.Cu/c1-8-6-5-7-10(12-8)9(2)13-14-11(16)15(3)4;;/h5-7H,1-4H3,(H,14,16);1H;/q;;+2/p-2/b13-9+;;. The molecule has 0 radical (unpaired) electrons. The van der Waals surface area contributed by atoms with Gasteiger partial charge >= 0.3 is 25.2 Å². The maximum atomic E-state index is 5.00. The van der Waals surface area contributed by atoms with E-state index in [1.54, 1.807) is 4.90 Å². The van der Waals surface area contributed by atoms with E-state index >= 15 is 0 Å². The van der Waals surface area contributed by atoms with Crippen LogP contribution in [0.1, 0.15) is 18.3 Å². The molecule has 0 aliphatic carbocycles. The normalized spacial score (nSPS) is 11.7. The topological polar surface area (TPSA) is 40.9 Å². The Balaban J connectivity index is 0.00000137. The van der Waals surface area contributed by atoms with Gasteiger partial charge in [0.05, 0.1) is 11.4 Å². The van der Waals surface area contributed by atoms with Gasteiger partial charge in [0.1, 0.15) is 0 Å². The minimum absolute atomic E-state index is 0.451. The molecule has 1 aromatic heterocycles. The van der Waals surface area contributed by atoms with Gasteiger partial charge in [0, 0.05) is 25.0 Å². The van der Waals surface area contributed by atoms with Crippen molar-refractivity contribution in [2.75, 3.05) is 14.1 Å². The first-order chi connectivity index (χ1) is 8.50. The Morgan fingerprint density at radius 3 is 2.44 bits per heavy atom. The van der Waals surface area contributed by atoms with Gasteiger partial charge in [0.15, 0.2) is 0 Å². The van der Waals surface area contributed by atoms with Gasteiger partial charge in [-0.3, -0.25) is 4.98 Å². The summed E-state index contributed by atoms with van der Waals surface area (Å²) >= 11 is 8.66. The molecule has 0 aromatic carbocycles. The van der Waals surface area contributed by atoms with Gasteiger partial charge in [-0.25, -0.2) is 0 Å². The molecule has 1 rings (SSSR count). The van der Waals surface area contributed by atoms with Gasteiger partial charge in [-0.05, 0) is 26.0 Å². The number of nitrogens with zero attached hydrogens (tertiary/aromatic N) is 4. The van der Waals surface area contributed by atoms with Crippen molar-refractivity contribution < 1.29 is 15.1 Å². The van der Waals surface area contributed by atoms with E-state index < -0.39 is 0 Å². The quantitative estimate of drug-likeness (QED) is 0.274. The van der Waals surface area contributed by atoms with E-state index in [2.05, 4.69) is 40.4 Å². The van der Waals surface area contributed by atoms with Gasteiger partial charge in [-0.2, -0.15) is 10.2 Å². The van der Waals surface area contributed by atoms with Crippen LogP contribution in [-0.4, -0.2) is 34.9 Å². The van der Waals surface area contributed by atoms with Gasteiger partial charge < -0.3 is 17.5 Å². The van der Waals surface area contributed by atoms with Crippen LogP contribution < -0.4 is 0 Å². The number of amidine groups is 1. The van der Waals surface area contributed by atoms with Crippen LogP contribution >= 0.6 is 10.1 Å². The number of hydrogen-bond acceptors (Lipinski definition) is 4. The molecule has 103 valence electrons. The van der Waals surface area contributed by atoms with Crippen molar-refractivity contribution in [2.45, 2.75) is 13.8 Å². The summed E-state index contributed by atoms with van der Waals surface area (Å²) in [6, 6.07) is 5.79. The molecule has 0 aliphatic rings. The summed E-state index contributed by atoms with van der Waals surface area (Å²) in [6.07, 6.45) is 0. The van der Waals surface area contributed by atoms with Crippen molar-refractivity contribution in [1.82, 2.24) is 9.88 Å². The Hall–Kier alpha value is -0.681. The molecule has 4 nitrogen and oxygen atoms in total. The van der Waals surface area contributed by atoms with Crippen molar-refractivity contribution >= 4 is 33.6 Å². The SMILES string of the molecule is C/C(=N\N=C(/[S-])N(C)C)c1cccc(C)n1.[Cl][Cu+]. The number of halogens is 1. The third kappa shape index (κ3) is 6.31. The average molecular weight is 334 g/mol. The van der Waals surface area contributed by atoms with Crippen molar-refractivity contribution in [1.29, 1.82) is 0 Å². The Morgan fingerprint density at radius 1 is 1.33 bits per heavy atom. The molecule has 0 aliphatic heterocycles. The van der Waals surface area contributed by atoms with E-state index in [9.17, 15) is 0 Å². The number of aromatic nitrogens is 1. The number of pyridine rings is 1. The van der Waals surface area contributed by atoms with Crippen LogP contribution in [-0.2, 0) is 27.7 Å². The fourth-order valence-corrected chi connectivity index (χ4v) is 1.04. The molecule has 0 amide bonds. The zero-order valence-electron chi connectivity index (χ0n) is 10.6. The van der Waals surface area contributed by atoms with Crippen LogP contribution in [0.15, 0.2) is 28.4 Å². The first kappa shape index (κ1) is 17.3. The zero-order chi connectivity index (χ0) is 14.1. The summed E-state index contributed by atoms with van der Waals surface area (Å²) in [5.74, 6) is 0. The first-order valence-electron chi connectivity index (χ1n) is 5.02. The summed E-state index contributed by atoms with van der Waals surface area (Å²) in [4.78, 5) is 6.08. The van der Waals surface area contributed by atoms with Gasteiger partial charge in [0.25, 0.3) is 0 Å². The molecule has 1 heterocycles. The summed E-state index contributed by atoms with van der Waals surface area (Å²) in [6.45, 7) is 3.81. The molecule has 0 N–H and O–H groups in total. The fourth-order valence-electron chi connectivity index (χ4n) is 1.00. The minimum atomic E-state index is 0.451. The predicted molar refractivity (Wildman–Crippen MR) is 75.5 cm³/mol. The monoisotopic (exact) mass is 333 g/mol. The first-order valence-corrected chi connectivity index (χ1v) is 6.73. The van der Waals surface area contributed by atoms with Crippen LogP contribution in [0, 0.1) is 6.92 Å². The second-order valence-electron chi connectivity index (χ2n) is 3.63. The molecule has 18 heavy (non-hydrogen) atoms. The molecule has 0 saturated carbocycles. The van der Waals surface area contributed by atoms with Crippen molar-refractivity contribution in [3.8, 4) is 0 Å². The van der Waals surface area contributed by atoms with E-state index in [1.807, 2.05) is 46.1 Å². The van der Waals surface area contributed by atoms with E-state index in [-0.39, 0.29) is 0 Å². The van der Waals surface area contributed by atoms with E-state index in [1.165, 1.54) is 0 Å². The Morgan fingerprint density at radius 2 is 1.94 bits per heavy atom. The van der Waals surface area contributed by atoms with Crippen LogP contribution in [0.5, 0.6) is 0 Å². The Labute approximate surface area is 126 Å². The second kappa shape index (κ2) is 9.28. The number of rotatable bonds is 2. The van der Waals surface area contributed by atoms with Crippen LogP contribution in [0.25, 0.3) is 0 Å². The molecular formula is C11H15ClCuN4S. The van der Waals surface area contributed by atoms with E-state index in [4.69, 9.17) is 12.6 Å². The summed E-state index contributed by atoms with van der Waals surface area (Å²) in [7, 11) is 7.87. The van der Waals surface area contributed by atoms with Crippen molar-refractivity contribution in [3.05, 3.63) is 29.6 Å². The summed E-state index contributed by atoms with van der Waals surface area (Å²) in [5.41, 5.74) is 2.54. The molecule has 0 spiro atoms. The third-order valence-corrected chi connectivity index (χ3v) is 2.37. The van der Waals surface area contributed by atoms with Crippen LogP contribution in [0.2, 0.25) is 0 Å². The zero-order valence-corrected chi connectivity index (χ0v) is 13.1. The second-order valence-corrected chi connectivity index (χ2v) is 3.99. The maximum absolute atomic E-state index is 5.00. The molecule has 0 bridgehead atoms. The molecule has 0 unspecified atom stereocenters. The predicted octanol–water partition coefficient (Wildman–Crippen LogP) is 2.27. The van der Waals surface area contributed by atoms with Crippen LogP contribution in [0.4, 0.5) is 0 Å². The van der Waals surface area contributed by atoms with Crippen LogP contribution in [0.3, 0.4) is 0 Å². The Kier molecular flexibility index (Phi) is 8.93. The van der Waals surface area contributed by atoms with Gasteiger partial charge in [-0.15, -0.1) is 0 Å². The molecular weight excluding hydrogens is 319 g/mol. The molecule has 0 atom stereocenters. The summed E-state index contributed by atoms with van der Waals surface area (Å²) < 4.78 is 0. The van der Waals surface area contributed by atoms with Crippen molar-refractivity contribution in [2.24, 2.45) is 10.2 Å². The fraction of sp³-hybridized carbons (Fsp3) is 0.364. The van der Waals surface area contributed by atoms with Gasteiger partial charge in [-0.1, -0.05) is 6.07 Å². The van der Waals surface area contributed by atoms with E-state index in [0.29, 0.717) is 5.17 Å². The molecule has 0 saturated heterocycles. The van der Waals surface area contributed by atoms with E-state index in [0.717, 1.165) is 17.1 Å². The Bertz CT molecular complexity index is 435. The molecule has 0 fully saturated rings.